The minimum absolute atomic E-state index is 0.0665. The molecular formula is C23H28FN3O2. The Hall–Kier alpha value is -2.44. The zero-order valence-electron chi connectivity index (χ0n) is 16.9. The fourth-order valence-corrected chi connectivity index (χ4v) is 4.31. The summed E-state index contributed by atoms with van der Waals surface area (Å²) < 4.78 is 13.1. The van der Waals surface area contributed by atoms with Crippen LogP contribution in [0, 0.1) is 5.82 Å². The van der Waals surface area contributed by atoms with Crippen LogP contribution in [0.2, 0.25) is 0 Å². The van der Waals surface area contributed by atoms with E-state index < -0.39 is 6.10 Å². The van der Waals surface area contributed by atoms with Gasteiger partial charge in [-0.3, -0.25) is 9.69 Å². The summed E-state index contributed by atoms with van der Waals surface area (Å²) >= 11 is 0. The third-order valence-electron chi connectivity index (χ3n) is 6.05. The maximum Gasteiger partial charge on any atom is 0.223 e. The average Bonchev–Trinajstić information content (AvgIpc) is 3.16. The number of anilines is 2. The molecule has 0 saturated carbocycles. The molecule has 2 aromatic carbocycles. The Morgan fingerprint density at radius 1 is 1.07 bits per heavy atom. The lowest BCUT2D eigenvalue weighted by molar-refractivity contribution is -0.116. The number of benzene rings is 2. The summed E-state index contributed by atoms with van der Waals surface area (Å²) in [7, 11) is 0. The van der Waals surface area contributed by atoms with Crippen LogP contribution in [0.3, 0.4) is 0 Å². The Bertz CT molecular complexity index is 863. The summed E-state index contributed by atoms with van der Waals surface area (Å²) in [4.78, 5) is 18.1. The van der Waals surface area contributed by atoms with Crippen molar-refractivity contribution in [3.63, 3.8) is 0 Å². The molecule has 1 fully saturated rings. The van der Waals surface area contributed by atoms with E-state index >= 15 is 0 Å². The van der Waals surface area contributed by atoms with E-state index in [9.17, 15) is 14.3 Å². The van der Waals surface area contributed by atoms with Gasteiger partial charge in [0.2, 0.25) is 5.91 Å². The number of halogens is 1. The van der Waals surface area contributed by atoms with Crippen LogP contribution < -0.4 is 9.80 Å². The van der Waals surface area contributed by atoms with Gasteiger partial charge in [0.25, 0.3) is 0 Å². The van der Waals surface area contributed by atoms with Gasteiger partial charge >= 0.3 is 0 Å². The van der Waals surface area contributed by atoms with Crippen LogP contribution in [-0.2, 0) is 11.2 Å². The van der Waals surface area contributed by atoms with Crippen molar-refractivity contribution in [3.05, 3.63) is 59.4 Å². The van der Waals surface area contributed by atoms with Gasteiger partial charge in [0.05, 0.1) is 6.10 Å². The average molecular weight is 397 g/mol. The molecule has 5 nitrogen and oxygen atoms in total. The van der Waals surface area contributed by atoms with E-state index in [1.54, 1.807) is 11.8 Å². The summed E-state index contributed by atoms with van der Waals surface area (Å²) in [5.74, 6) is -0.140. The highest BCUT2D eigenvalue weighted by molar-refractivity contribution is 5.93. The normalized spacial score (nSPS) is 18.0. The Labute approximate surface area is 171 Å². The first-order chi connectivity index (χ1) is 14.0. The largest absolute Gasteiger partial charge is 0.388 e. The lowest BCUT2D eigenvalue weighted by atomic mass is 10.0. The summed E-state index contributed by atoms with van der Waals surface area (Å²) in [6, 6.07) is 12.6. The van der Waals surface area contributed by atoms with Crippen molar-refractivity contribution < 1.29 is 14.3 Å². The second kappa shape index (κ2) is 8.51. The summed E-state index contributed by atoms with van der Waals surface area (Å²) in [5.41, 5.74) is 4.11. The molecule has 2 aromatic rings. The second-order valence-corrected chi connectivity index (χ2v) is 7.92. The molecule has 2 heterocycles. The fourth-order valence-electron chi connectivity index (χ4n) is 4.31. The van der Waals surface area contributed by atoms with Crippen LogP contribution in [0.1, 0.15) is 30.6 Å². The van der Waals surface area contributed by atoms with Crippen molar-refractivity contribution in [1.82, 2.24) is 4.90 Å². The molecule has 1 amide bonds. The number of fused-ring (bicyclic) bond motifs is 1. The van der Waals surface area contributed by atoms with E-state index in [2.05, 4.69) is 15.9 Å². The lowest BCUT2D eigenvalue weighted by Gasteiger charge is -2.36. The molecule has 1 atom stereocenters. The highest BCUT2D eigenvalue weighted by atomic mass is 19.1. The first kappa shape index (κ1) is 19.9. The molecule has 1 N–H and O–H groups in total. The summed E-state index contributed by atoms with van der Waals surface area (Å²) in [5, 5.41) is 10.7. The first-order valence-electron chi connectivity index (χ1n) is 10.3. The Balaban J connectivity index is 1.28. The van der Waals surface area contributed by atoms with Gasteiger partial charge in [0, 0.05) is 57.6 Å². The molecule has 4 rings (SSSR count). The van der Waals surface area contributed by atoms with Gasteiger partial charge in [-0.2, -0.15) is 0 Å². The standard InChI is InChI=1S/C23H28FN3O2/c1-17(28)27-11-8-18-16-19(2-7-22(18)27)23(29)9-10-25-12-14-26(15-13-25)21-5-3-20(24)4-6-21/h2-7,16,23,29H,8-15H2,1H3. The Kier molecular flexibility index (Phi) is 5.83. The van der Waals surface area contributed by atoms with E-state index in [0.717, 1.165) is 68.2 Å². The summed E-state index contributed by atoms with van der Waals surface area (Å²) in [6.07, 6.45) is 1.04. The quantitative estimate of drug-likeness (QED) is 0.843. The van der Waals surface area contributed by atoms with Crippen LogP contribution >= 0.6 is 0 Å². The van der Waals surface area contributed by atoms with Crippen LogP contribution in [0.25, 0.3) is 0 Å². The van der Waals surface area contributed by atoms with Crippen LogP contribution in [0.5, 0.6) is 0 Å². The van der Waals surface area contributed by atoms with Gasteiger partial charge in [-0.15, -0.1) is 0 Å². The van der Waals surface area contributed by atoms with Gasteiger partial charge in [-0.05, 0) is 54.3 Å². The number of aliphatic hydroxyl groups excluding tert-OH is 1. The van der Waals surface area contributed by atoms with Crippen molar-refractivity contribution in [1.29, 1.82) is 0 Å². The third-order valence-corrected chi connectivity index (χ3v) is 6.05. The number of nitrogens with zero attached hydrogens (tertiary/aromatic N) is 3. The SMILES string of the molecule is CC(=O)N1CCc2cc(C(O)CCN3CCN(c4ccc(F)cc4)CC3)ccc21. The lowest BCUT2D eigenvalue weighted by Crippen LogP contribution is -2.46. The van der Waals surface area contributed by atoms with Gasteiger partial charge in [-0.25, -0.2) is 4.39 Å². The van der Waals surface area contributed by atoms with E-state index in [0.29, 0.717) is 6.42 Å². The molecule has 0 spiro atoms. The zero-order valence-corrected chi connectivity index (χ0v) is 16.9. The third kappa shape index (κ3) is 4.43. The number of hydrogen-bond acceptors (Lipinski definition) is 4. The van der Waals surface area contributed by atoms with Gasteiger partial charge < -0.3 is 14.9 Å². The number of piperazine rings is 1. The fraction of sp³-hybridized carbons (Fsp3) is 0.435. The maximum atomic E-state index is 13.1. The molecule has 154 valence electrons. The monoisotopic (exact) mass is 397 g/mol. The molecule has 0 bridgehead atoms. The van der Waals surface area contributed by atoms with Crippen molar-refractivity contribution in [2.24, 2.45) is 0 Å². The van der Waals surface area contributed by atoms with E-state index in [-0.39, 0.29) is 11.7 Å². The Morgan fingerprint density at radius 3 is 2.48 bits per heavy atom. The molecule has 0 aliphatic carbocycles. The topological polar surface area (TPSA) is 47.0 Å². The minimum Gasteiger partial charge on any atom is -0.388 e. The second-order valence-electron chi connectivity index (χ2n) is 7.92. The molecule has 2 aliphatic rings. The van der Waals surface area contributed by atoms with Crippen LogP contribution in [0.4, 0.5) is 15.8 Å². The van der Waals surface area contributed by atoms with Crippen molar-refractivity contribution in [2.75, 3.05) is 49.1 Å². The number of carbonyl (C=O) groups excluding carboxylic acids is 1. The van der Waals surface area contributed by atoms with E-state index in [4.69, 9.17) is 0 Å². The zero-order chi connectivity index (χ0) is 20.4. The number of amides is 1. The van der Waals surface area contributed by atoms with E-state index in [1.807, 2.05) is 24.3 Å². The van der Waals surface area contributed by atoms with Gasteiger partial charge in [0.15, 0.2) is 0 Å². The highest BCUT2D eigenvalue weighted by Gasteiger charge is 2.24. The van der Waals surface area contributed by atoms with Crippen molar-refractivity contribution in [3.8, 4) is 0 Å². The Morgan fingerprint density at radius 2 is 1.79 bits per heavy atom. The highest BCUT2D eigenvalue weighted by Crippen LogP contribution is 2.31. The molecule has 0 aromatic heterocycles. The number of hydrogen-bond donors (Lipinski definition) is 1. The summed E-state index contributed by atoms with van der Waals surface area (Å²) in [6.45, 7) is 6.83. The number of aliphatic hydroxyl groups is 1. The minimum atomic E-state index is -0.498. The molecule has 1 unspecified atom stereocenters. The van der Waals surface area contributed by atoms with Crippen LogP contribution in [-0.4, -0.2) is 55.2 Å². The molecule has 6 heteroatoms. The molecular weight excluding hydrogens is 369 g/mol. The molecule has 2 aliphatic heterocycles. The van der Waals surface area contributed by atoms with Crippen LogP contribution in [0.15, 0.2) is 42.5 Å². The predicted molar refractivity (Wildman–Crippen MR) is 113 cm³/mol. The number of rotatable bonds is 5. The number of carbonyl (C=O) groups is 1. The van der Waals surface area contributed by atoms with Crippen molar-refractivity contribution in [2.45, 2.75) is 25.9 Å². The predicted octanol–water partition coefficient (Wildman–Crippen LogP) is 2.98. The van der Waals surface area contributed by atoms with Gasteiger partial charge in [0.1, 0.15) is 5.82 Å². The van der Waals surface area contributed by atoms with E-state index in [1.165, 1.54) is 12.1 Å². The van der Waals surface area contributed by atoms with Gasteiger partial charge in [-0.1, -0.05) is 12.1 Å². The molecule has 29 heavy (non-hydrogen) atoms. The molecule has 0 radical (unpaired) electrons. The molecule has 1 saturated heterocycles. The maximum absolute atomic E-state index is 13.1. The smallest absolute Gasteiger partial charge is 0.223 e. The first-order valence-corrected chi connectivity index (χ1v) is 10.3. The van der Waals surface area contributed by atoms with Crippen molar-refractivity contribution >= 4 is 17.3 Å².